The molecule has 8 nitrogen and oxygen atoms in total. The number of rotatable bonds is 3. The van der Waals surface area contributed by atoms with Crippen molar-refractivity contribution in [2.24, 2.45) is 0 Å². The summed E-state index contributed by atoms with van der Waals surface area (Å²) in [6.07, 6.45) is -1.77. The van der Waals surface area contributed by atoms with Gasteiger partial charge in [-0.05, 0) is 12.0 Å². The lowest BCUT2D eigenvalue weighted by atomic mass is 10.1. The van der Waals surface area contributed by atoms with Crippen LogP contribution in [0.4, 0.5) is 10.5 Å². The van der Waals surface area contributed by atoms with Gasteiger partial charge in [-0.1, -0.05) is 6.07 Å². The quantitative estimate of drug-likeness (QED) is 0.490. The van der Waals surface area contributed by atoms with Crippen LogP contribution in [0.3, 0.4) is 0 Å². The van der Waals surface area contributed by atoms with E-state index in [1.165, 1.54) is 19.1 Å². The number of nitro groups is 1. The number of esters is 1. The molecular formula is C12H12N2O6. The molecule has 0 heterocycles. The molecule has 2 atom stereocenters. The van der Waals surface area contributed by atoms with Gasteiger partial charge < -0.3 is 15.2 Å². The smallest absolute Gasteiger partial charge is 0.405 e. The number of benzene rings is 1. The zero-order valence-corrected chi connectivity index (χ0v) is 10.5. The summed E-state index contributed by atoms with van der Waals surface area (Å²) in [5.41, 5.74) is 1.06. The van der Waals surface area contributed by atoms with Crippen molar-refractivity contribution < 1.29 is 24.4 Å². The maximum absolute atomic E-state index is 11.1. The Morgan fingerprint density at radius 2 is 2.20 bits per heavy atom. The van der Waals surface area contributed by atoms with Crippen molar-refractivity contribution in [1.82, 2.24) is 5.32 Å². The number of nitrogens with zero attached hydrogens (tertiary/aromatic N) is 1. The average molecular weight is 280 g/mol. The lowest BCUT2D eigenvalue weighted by Gasteiger charge is -2.19. The van der Waals surface area contributed by atoms with E-state index in [1.807, 2.05) is 0 Å². The average Bonchev–Trinajstić information content (AvgIpc) is 2.65. The molecule has 0 radical (unpaired) electrons. The highest BCUT2D eigenvalue weighted by molar-refractivity contribution is 5.68. The van der Waals surface area contributed by atoms with Crippen LogP contribution in [-0.4, -0.2) is 28.1 Å². The number of hydrogen-bond donors (Lipinski definition) is 2. The Balaban J connectivity index is 2.37. The molecule has 1 aromatic carbocycles. The molecule has 2 unspecified atom stereocenters. The highest BCUT2D eigenvalue weighted by atomic mass is 16.6. The Morgan fingerprint density at radius 1 is 1.50 bits per heavy atom. The Bertz CT molecular complexity index is 585. The Kier molecular flexibility index (Phi) is 3.55. The van der Waals surface area contributed by atoms with Crippen LogP contribution in [-0.2, 0) is 16.0 Å². The van der Waals surface area contributed by atoms with Crippen LogP contribution in [0.1, 0.15) is 24.2 Å². The number of carboxylic acid groups (broad SMARTS) is 1. The molecule has 0 saturated carbocycles. The van der Waals surface area contributed by atoms with Crippen LogP contribution >= 0.6 is 0 Å². The molecule has 1 aromatic rings. The van der Waals surface area contributed by atoms with E-state index in [0.29, 0.717) is 12.0 Å². The second kappa shape index (κ2) is 5.16. The van der Waals surface area contributed by atoms with Gasteiger partial charge in [-0.2, -0.15) is 0 Å². The summed E-state index contributed by atoms with van der Waals surface area (Å²) in [6.45, 7) is 1.20. The first-order chi connectivity index (χ1) is 9.38. The number of fused-ring (bicyclic) bond motifs is 1. The Hall–Kier alpha value is -2.64. The summed E-state index contributed by atoms with van der Waals surface area (Å²) in [7, 11) is 0. The number of carbonyl (C=O) groups excluding carboxylic acids is 1. The monoisotopic (exact) mass is 280 g/mol. The number of ether oxygens (including phenoxy) is 1. The van der Waals surface area contributed by atoms with Gasteiger partial charge in [0.05, 0.1) is 11.0 Å². The van der Waals surface area contributed by atoms with E-state index >= 15 is 0 Å². The zero-order valence-electron chi connectivity index (χ0n) is 10.5. The summed E-state index contributed by atoms with van der Waals surface area (Å²) in [5.74, 6) is -0.577. The second-order valence-corrected chi connectivity index (χ2v) is 4.43. The van der Waals surface area contributed by atoms with Crippen LogP contribution in [0.15, 0.2) is 18.2 Å². The lowest BCUT2D eigenvalue weighted by molar-refractivity contribution is -0.385. The molecule has 0 fully saturated rings. The summed E-state index contributed by atoms with van der Waals surface area (Å²) >= 11 is 0. The van der Waals surface area contributed by atoms with E-state index in [9.17, 15) is 19.7 Å². The number of non-ortho nitro benzene ring substituents is 1. The van der Waals surface area contributed by atoms with Crippen molar-refractivity contribution in [2.75, 3.05) is 0 Å². The van der Waals surface area contributed by atoms with Crippen molar-refractivity contribution >= 4 is 17.7 Å². The standard InChI is InChI=1S/C12H12N2O6/c1-6(15)20-11-9-5-8(14(18)19)3-2-7(9)4-10(11)13-12(16)17/h2-3,5,10-11,13H,4H2,1H3,(H,16,17). The summed E-state index contributed by atoms with van der Waals surface area (Å²) in [4.78, 5) is 32.1. The second-order valence-electron chi connectivity index (χ2n) is 4.43. The molecule has 2 N–H and O–H groups in total. The Labute approximate surface area is 113 Å². The minimum atomic E-state index is -1.24. The van der Waals surface area contributed by atoms with Gasteiger partial charge in [0.25, 0.3) is 5.69 Å². The predicted octanol–water partition coefficient (Wildman–Crippen LogP) is 1.39. The first kappa shape index (κ1) is 13.8. The summed E-state index contributed by atoms with van der Waals surface area (Å²) in [6, 6.07) is 3.56. The molecule has 2 rings (SSSR count). The molecular weight excluding hydrogens is 268 g/mol. The number of carbonyl (C=O) groups is 2. The molecule has 1 aliphatic carbocycles. The maximum atomic E-state index is 11.1. The van der Waals surface area contributed by atoms with Crippen LogP contribution < -0.4 is 5.32 Å². The van der Waals surface area contributed by atoms with E-state index in [0.717, 1.165) is 5.56 Å². The van der Waals surface area contributed by atoms with Gasteiger partial charge in [0.1, 0.15) is 6.10 Å². The van der Waals surface area contributed by atoms with Crippen molar-refractivity contribution in [3.05, 3.63) is 39.4 Å². The highest BCUT2D eigenvalue weighted by Gasteiger charge is 2.37. The zero-order chi connectivity index (χ0) is 14.9. The van der Waals surface area contributed by atoms with E-state index in [-0.39, 0.29) is 5.69 Å². The van der Waals surface area contributed by atoms with Crippen LogP contribution in [0.2, 0.25) is 0 Å². The van der Waals surface area contributed by atoms with E-state index in [1.54, 1.807) is 6.07 Å². The van der Waals surface area contributed by atoms with Gasteiger partial charge in [-0.25, -0.2) is 4.79 Å². The summed E-state index contributed by atoms with van der Waals surface area (Å²) < 4.78 is 5.10. The minimum absolute atomic E-state index is 0.128. The Morgan fingerprint density at radius 3 is 2.75 bits per heavy atom. The van der Waals surface area contributed by atoms with Gasteiger partial charge in [-0.15, -0.1) is 0 Å². The molecule has 106 valence electrons. The third-order valence-corrected chi connectivity index (χ3v) is 3.05. The SMILES string of the molecule is CC(=O)OC1c2cc([N+](=O)[O-])ccc2CC1NC(=O)O. The van der Waals surface area contributed by atoms with Gasteiger partial charge in [0.15, 0.2) is 0 Å². The fourth-order valence-corrected chi connectivity index (χ4v) is 2.32. The molecule has 8 heteroatoms. The largest absolute Gasteiger partial charge is 0.465 e. The first-order valence-electron chi connectivity index (χ1n) is 5.82. The molecule has 20 heavy (non-hydrogen) atoms. The molecule has 0 bridgehead atoms. The molecule has 0 spiro atoms. The molecule has 0 aliphatic heterocycles. The molecule has 1 aliphatic rings. The van der Waals surface area contributed by atoms with E-state index < -0.39 is 29.1 Å². The maximum Gasteiger partial charge on any atom is 0.405 e. The number of nitrogens with one attached hydrogen (secondary N) is 1. The van der Waals surface area contributed by atoms with E-state index in [4.69, 9.17) is 9.84 Å². The molecule has 0 aromatic heterocycles. The number of hydrogen-bond acceptors (Lipinski definition) is 5. The van der Waals surface area contributed by atoms with Crippen molar-refractivity contribution in [3.8, 4) is 0 Å². The van der Waals surface area contributed by atoms with Gasteiger partial charge >= 0.3 is 12.1 Å². The van der Waals surface area contributed by atoms with Crippen LogP contribution in [0, 0.1) is 10.1 Å². The minimum Gasteiger partial charge on any atom is -0.465 e. The van der Waals surface area contributed by atoms with Crippen molar-refractivity contribution in [3.63, 3.8) is 0 Å². The highest BCUT2D eigenvalue weighted by Crippen LogP contribution is 2.36. The fraction of sp³-hybridized carbons (Fsp3) is 0.333. The third-order valence-electron chi connectivity index (χ3n) is 3.05. The van der Waals surface area contributed by atoms with Crippen molar-refractivity contribution in [1.29, 1.82) is 0 Å². The molecule has 1 amide bonds. The van der Waals surface area contributed by atoms with Crippen molar-refractivity contribution in [2.45, 2.75) is 25.5 Å². The van der Waals surface area contributed by atoms with Gasteiger partial charge in [0, 0.05) is 24.6 Å². The lowest BCUT2D eigenvalue weighted by Crippen LogP contribution is -2.38. The summed E-state index contributed by atoms with van der Waals surface area (Å²) in [5, 5.41) is 21.8. The van der Waals surface area contributed by atoms with Gasteiger partial charge in [-0.3, -0.25) is 14.9 Å². The van der Waals surface area contributed by atoms with Crippen LogP contribution in [0.5, 0.6) is 0 Å². The van der Waals surface area contributed by atoms with Gasteiger partial charge in [0.2, 0.25) is 0 Å². The third kappa shape index (κ3) is 2.68. The molecule has 0 saturated heterocycles. The fourth-order valence-electron chi connectivity index (χ4n) is 2.32. The first-order valence-corrected chi connectivity index (χ1v) is 5.82. The normalized spacial score (nSPS) is 20.1. The number of nitro benzene ring substituents is 1. The van der Waals surface area contributed by atoms with Crippen LogP contribution in [0.25, 0.3) is 0 Å². The van der Waals surface area contributed by atoms with E-state index in [2.05, 4.69) is 5.32 Å². The number of amides is 1. The predicted molar refractivity (Wildman–Crippen MR) is 66.3 cm³/mol. The topological polar surface area (TPSA) is 119 Å².